The fourth-order valence-electron chi connectivity index (χ4n) is 2.09. The van der Waals surface area contributed by atoms with Crippen molar-refractivity contribution in [3.63, 3.8) is 0 Å². The van der Waals surface area contributed by atoms with E-state index in [0.29, 0.717) is 12.5 Å². The van der Waals surface area contributed by atoms with Crippen LogP contribution in [-0.4, -0.2) is 32.5 Å². The number of aromatic nitrogens is 1. The zero-order valence-electron chi connectivity index (χ0n) is 10.1. The Kier molecular flexibility index (Phi) is 3.94. The largest absolute Gasteiger partial charge is 0.315 e. The Labute approximate surface area is 106 Å². The van der Waals surface area contributed by atoms with Gasteiger partial charge in [-0.3, -0.25) is 0 Å². The molecule has 0 aliphatic carbocycles. The Morgan fingerprint density at radius 2 is 2.28 bits per heavy atom. The summed E-state index contributed by atoms with van der Waals surface area (Å²) in [5, 5.41) is 2.59. The Morgan fingerprint density at radius 3 is 2.94 bits per heavy atom. The quantitative estimate of drug-likeness (QED) is 0.841. The lowest BCUT2D eigenvalue weighted by Gasteiger charge is -2.28. The first-order chi connectivity index (χ1) is 8.49. The minimum absolute atomic E-state index is 0.222. The number of nitrogens with one attached hydrogen (secondary N) is 2. The molecule has 1 aromatic heterocycles. The molecule has 2 unspecified atom stereocenters. The maximum Gasteiger partial charge on any atom is 0.261 e. The van der Waals surface area contributed by atoms with Crippen LogP contribution in [0.15, 0.2) is 23.4 Å². The highest BCUT2D eigenvalue weighted by Crippen LogP contribution is 2.14. The second kappa shape index (κ2) is 5.29. The number of sulfonamides is 1. The van der Waals surface area contributed by atoms with Gasteiger partial charge in [0, 0.05) is 18.8 Å². The molecule has 2 N–H and O–H groups in total. The Balaban J connectivity index is 2.15. The molecule has 18 heavy (non-hydrogen) atoms. The maximum absolute atomic E-state index is 13.4. The van der Waals surface area contributed by atoms with Gasteiger partial charge in [0.25, 0.3) is 10.0 Å². The van der Waals surface area contributed by atoms with E-state index in [1.165, 1.54) is 12.3 Å². The molecule has 100 valence electrons. The van der Waals surface area contributed by atoms with Crippen LogP contribution in [0, 0.1) is 11.7 Å². The molecule has 0 bridgehead atoms. The predicted octanol–water partition coefficient (Wildman–Crippen LogP) is 0.497. The number of pyridine rings is 1. The first kappa shape index (κ1) is 13.4. The number of hydrogen-bond acceptors (Lipinski definition) is 4. The van der Waals surface area contributed by atoms with E-state index in [9.17, 15) is 12.8 Å². The molecule has 1 fully saturated rings. The van der Waals surface area contributed by atoms with E-state index in [2.05, 4.69) is 15.0 Å². The van der Waals surface area contributed by atoms with E-state index < -0.39 is 20.9 Å². The summed E-state index contributed by atoms with van der Waals surface area (Å²) in [6.07, 6.45) is 2.00. The van der Waals surface area contributed by atoms with Crippen LogP contribution in [0.3, 0.4) is 0 Å². The monoisotopic (exact) mass is 273 g/mol. The third-order valence-corrected chi connectivity index (χ3v) is 4.32. The lowest BCUT2D eigenvalue weighted by Crippen LogP contribution is -2.48. The lowest BCUT2D eigenvalue weighted by atomic mass is 9.99. The minimum atomic E-state index is -3.89. The molecule has 1 aliphatic rings. The highest BCUT2D eigenvalue weighted by atomic mass is 32.2. The summed E-state index contributed by atoms with van der Waals surface area (Å²) in [7, 11) is -3.89. The molecule has 0 amide bonds. The van der Waals surface area contributed by atoms with Gasteiger partial charge in [-0.2, -0.15) is 0 Å². The molecule has 0 saturated carbocycles. The van der Waals surface area contributed by atoms with E-state index in [-0.39, 0.29) is 6.04 Å². The third kappa shape index (κ3) is 3.04. The molecule has 0 radical (unpaired) electrons. The number of nitrogens with zero attached hydrogens (tertiary/aromatic N) is 1. The van der Waals surface area contributed by atoms with Crippen LogP contribution in [0.4, 0.5) is 4.39 Å². The van der Waals surface area contributed by atoms with Gasteiger partial charge in [0.15, 0.2) is 5.82 Å². The topological polar surface area (TPSA) is 71.1 Å². The zero-order chi connectivity index (χ0) is 13.2. The molecule has 5 nitrogen and oxygen atoms in total. The fourth-order valence-corrected chi connectivity index (χ4v) is 3.34. The van der Waals surface area contributed by atoms with Crippen LogP contribution in [0.1, 0.15) is 13.3 Å². The van der Waals surface area contributed by atoms with Crippen LogP contribution in [0.5, 0.6) is 0 Å². The van der Waals surface area contributed by atoms with E-state index in [4.69, 9.17) is 0 Å². The normalized spacial score (nSPS) is 25.0. The molecular weight excluding hydrogens is 257 g/mol. The fraction of sp³-hybridized carbons (Fsp3) is 0.545. The molecule has 0 spiro atoms. The number of piperidine rings is 1. The van der Waals surface area contributed by atoms with Gasteiger partial charge in [-0.05, 0) is 31.0 Å². The molecule has 7 heteroatoms. The standard InChI is InChI=1S/C11H16FN3O2S/c1-8-5-9(7-13-6-8)15-18(16,17)11-10(12)3-2-4-14-11/h2-4,8-9,13,15H,5-7H2,1H3. The van der Waals surface area contributed by atoms with Crippen molar-refractivity contribution in [1.29, 1.82) is 0 Å². The summed E-state index contributed by atoms with van der Waals surface area (Å²) in [6, 6.07) is 2.22. The number of rotatable bonds is 3. The van der Waals surface area contributed by atoms with Crippen molar-refractivity contribution in [1.82, 2.24) is 15.0 Å². The van der Waals surface area contributed by atoms with Crippen molar-refractivity contribution < 1.29 is 12.8 Å². The summed E-state index contributed by atoms with van der Waals surface area (Å²) in [6.45, 7) is 3.46. The van der Waals surface area contributed by atoms with Crippen molar-refractivity contribution in [3.05, 3.63) is 24.1 Å². The zero-order valence-corrected chi connectivity index (χ0v) is 10.9. The van der Waals surface area contributed by atoms with Crippen LogP contribution in [0.2, 0.25) is 0 Å². The summed E-state index contributed by atoms with van der Waals surface area (Å²) in [5.41, 5.74) is 0. The Bertz CT molecular complexity index is 521. The van der Waals surface area contributed by atoms with Gasteiger partial charge in [0.2, 0.25) is 5.03 Å². The van der Waals surface area contributed by atoms with E-state index in [1.54, 1.807) is 0 Å². The van der Waals surface area contributed by atoms with E-state index >= 15 is 0 Å². The molecule has 1 aliphatic heterocycles. The second-order valence-electron chi connectivity index (χ2n) is 4.61. The molecular formula is C11H16FN3O2S. The Hall–Kier alpha value is -1.05. The molecule has 0 aromatic carbocycles. The summed E-state index contributed by atoms with van der Waals surface area (Å²) in [4.78, 5) is 3.59. The first-order valence-electron chi connectivity index (χ1n) is 5.82. The minimum Gasteiger partial charge on any atom is -0.315 e. The van der Waals surface area contributed by atoms with Gasteiger partial charge in [0.1, 0.15) is 0 Å². The third-order valence-electron chi connectivity index (χ3n) is 2.87. The predicted molar refractivity (Wildman–Crippen MR) is 65.0 cm³/mol. The van der Waals surface area contributed by atoms with E-state index in [1.807, 2.05) is 6.92 Å². The van der Waals surface area contributed by atoms with Crippen molar-refractivity contribution in [2.24, 2.45) is 5.92 Å². The second-order valence-corrected chi connectivity index (χ2v) is 6.24. The van der Waals surface area contributed by atoms with Gasteiger partial charge in [0.05, 0.1) is 0 Å². The van der Waals surface area contributed by atoms with Crippen molar-refractivity contribution in [2.75, 3.05) is 13.1 Å². The van der Waals surface area contributed by atoms with Crippen LogP contribution < -0.4 is 10.0 Å². The molecule has 2 atom stereocenters. The maximum atomic E-state index is 13.4. The molecule has 1 aromatic rings. The smallest absolute Gasteiger partial charge is 0.261 e. The van der Waals surface area contributed by atoms with Gasteiger partial charge >= 0.3 is 0 Å². The van der Waals surface area contributed by atoms with Crippen molar-refractivity contribution >= 4 is 10.0 Å². The Morgan fingerprint density at radius 1 is 1.50 bits per heavy atom. The average molecular weight is 273 g/mol. The number of halogens is 1. The molecule has 1 saturated heterocycles. The van der Waals surface area contributed by atoms with Crippen LogP contribution in [-0.2, 0) is 10.0 Å². The van der Waals surface area contributed by atoms with Crippen LogP contribution >= 0.6 is 0 Å². The van der Waals surface area contributed by atoms with Crippen molar-refractivity contribution in [2.45, 2.75) is 24.4 Å². The van der Waals surface area contributed by atoms with Gasteiger partial charge in [-0.25, -0.2) is 22.5 Å². The van der Waals surface area contributed by atoms with Crippen molar-refractivity contribution in [3.8, 4) is 0 Å². The van der Waals surface area contributed by atoms with Crippen LogP contribution in [0.25, 0.3) is 0 Å². The summed E-state index contributed by atoms with van der Waals surface area (Å²) in [5.74, 6) is -0.443. The molecule has 2 rings (SSSR count). The SMILES string of the molecule is CC1CNCC(NS(=O)(=O)c2ncccc2F)C1. The van der Waals surface area contributed by atoms with Gasteiger partial charge in [-0.1, -0.05) is 6.92 Å². The number of hydrogen-bond donors (Lipinski definition) is 2. The van der Waals surface area contributed by atoms with Gasteiger partial charge in [-0.15, -0.1) is 0 Å². The van der Waals surface area contributed by atoms with Gasteiger partial charge < -0.3 is 5.32 Å². The summed E-state index contributed by atoms with van der Waals surface area (Å²) < 4.78 is 39.9. The van der Waals surface area contributed by atoms with E-state index in [0.717, 1.165) is 19.0 Å². The highest BCUT2D eigenvalue weighted by molar-refractivity contribution is 7.89. The first-order valence-corrected chi connectivity index (χ1v) is 7.31. The lowest BCUT2D eigenvalue weighted by molar-refractivity contribution is 0.345. The average Bonchev–Trinajstić information content (AvgIpc) is 2.28. The highest BCUT2D eigenvalue weighted by Gasteiger charge is 2.27. The molecule has 2 heterocycles. The summed E-state index contributed by atoms with van der Waals surface area (Å²) >= 11 is 0.